The molecule has 0 aromatic carbocycles. The van der Waals surface area contributed by atoms with Crippen molar-refractivity contribution >= 4 is 28.9 Å². The molecule has 3 nitrogen and oxygen atoms in total. The van der Waals surface area contributed by atoms with Crippen molar-refractivity contribution in [3.63, 3.8) is 0 Å². The summed E-state index contributed by atoms with van der Waals surface area (Å²) in [6.45, 7) is 5.89. The normalized spacial score (nSPS) is 11.9. The summed E-state index contributed by atoms with van der Waals surface area (Å²) in [6.07, 6.45) is 9.40. The molecule has 0 radical (unpaired) electrons. The molecule has 0 atom stereocenters. The largest absolute Gasteiger partial charge is 0.396 e. The molecule has 0 fully saturated rings. The van der Waals surface area contributed by atoms with Gasteiger partial charge in [-0.3, -0.25) is 0 Å². The molecular formula is C14H31O3PS2. The van der Waals surface area contributed by atoms with Gasteiger partial charge in [-0.15, -0.1) is 0 Å². The fourth-order valence-electron chi connectivity index (χ4n) is 1.67. The summed E-state index contributed by atoms with van der Waals surface area (Å²) in [5.74, 6) is 0.598. The van der Waals surface area contributed by atoms with Crippen LogP contribution in [0, 0.1) is 0 Å². The van der Waals surface area contributed by atoms with Crippen LogP contribution in [0.1, 0.15) is 65.2 Å². The van der Waals surface area contributed by atoms with Gasteiger partial charge in [0.15, 0.2) is 0 Å². The molecule has 0 unspecified atom stereocenters. The molecular weight excluding hydrogens is 311 g/mol. The number of hydrogen-bond donors (Lipinski definition) is 1. The molecule has 0 aliphatic rings. The Hall–Kier alpha value is 0.880. The van der Waals surface area contributed by atoms with Gasteiger partial charge < -0.3 is 14.2 Å². The van der Waals surface area contributed by atoms with Crippen LogP contribution in [0.4, 0.5) is 0 Å². The number of hydrogen-bond acceptors (Lipinski definition) is 5. The van der Waals surface area contributed by atoms with Crippen LogP contribution in [0.5, 0.6) is 0 Å². The van der Waals surface area contributed by atoms with E-state index in [0.29, 0.717) is 19.0 Å². The van der Waals surface area contributed by atoms with Crippen LogP contribution in [0.25, 0.3) is 0 Å². The molecule has 0 bridgehead atoms. The SMILES string of the molecule is CCCCCCOP(=S)(OCCCCCC)SCCO. The van der Waals surface area contributed by atoms with E-state index >= 15 is 0 Å². The topological polar surface area (TPSA) is 38.7 Å². The quantitative estimate of drug-likeness (QED) is 0.330. The van der Waals surface area contributed by atoms with Gasteiger partial charge in [0.05, 0.1) is 19.8 Å². The molecule has 0 aliphatic heterocycles. The minimum atomic E-state index is -2.24. The third-order valence-corrected chi connectivity index (χ3v) is 8.22. The fourth-order valence-corrected chi connectivity index (χ4v) is 5.84. The van der Waals surface area contributed by atoms with Crippen molar-refractivity contribution in [2.45, 2.75) is 65.2 Å². The minimum absolute atomic E-state index is 0.126. The lowest BCUT2D eigenvalue weighted by atomic mass is 10.2. The molecule has 20 heavy (non-hydrogen) atoms. The van der Waals surface area contributed by atoms with Gasteiger partial charge in [0.2, 0.25) is 5.69 Å². The van der Waals surface area contributed by atoms with Crippen LogP contribution in [-0.2, 0) is 20.9 Å². The van der Waals surface area contributed by atoms with Crippen LogP contribution in [0.2, 0.25) is 0 Å². The van der Waals surface area contributed by atoms with Crippen molar-refractivity contribution in [3.8, 4) is 0 Å². The highest BCUT2D eigenvalue weighted by molar-refractivity contribution is 8.67. The molecule has 0 heterocycles. The summed E-state index contributed by atoms with van der Waals surface area (Å²) >= 11 is 7.02. The average molecular weight is 343 g/mol. The van der Waals surface area contributed by atoms with Gasteiger partial charge in [-0.05, 0) is 24.6 Å². The molecule has 0 saturated heterocycles. The van der Waals surface area contributed by atoms with Gasteiger partial charge in [-0.25, -0.2) is 0 Å². The zero-order chi connectivity index (χ0) is 15.1. The van der Waals surface area contributed by atoms with Crippen molar-refractivity contribution in [2.75, 3.05) is 25.6 Å². The number of rotatable bonds is 15. The van der Waals surface area contributed by atoms with E-state index < -0.39 is 5.69 Å². The van der Waals surface area contributed by atoms with Crippen molar-refractivity contribution in [3.05, 3.63) is 0 Å². The predicted molar refractivity (Wildman–Crippen MR) is 94.0 cm³/mol. The minimum Gasteiger partial charge on any atom is -0.396 e. The summed E-state index contributed by atoms with van der Waals surface area (Å²) in [5, 5.41) is 8.95. The van der Waals surface area contributed by atoms with E-state index in [9.17, 15) is 0 Å². The second kappa shape index (κ2) is 14.8. The number of aliphatic hydroxyl groups is 1. The van der Waals surface area contributed by atoms with Crippen molar-refractivity contribution < 1.29 is 14.2 Å². The Morgan fingerprint density at radius 2 is 1.40 bits per heavy atom. The monoisotopic (exact) mass is 342 g/mol. The molecule has 0 aliphatic carbocycles. The zero-order valence-corrected chi connectivity index (χ0v) is 15.5. The molecule has 6 heteroatoms. The summed E-state index contributed by atoms with van der Waals surface area (Å²) < 4.78 is 11.7. The van der Waals surface area contributed by atoms with Gasteiger partial charge in [0.1, 0.15) is 0 Å². The summed E-state index contributed by atoms with van der Waals surface area (Å²) in [5.41, 5.74) is -2.24. The Kier molecular flexibility index (Phi) is 15.5. The van der Waals surface area contributed by atoms with E-state index in [1.807, 2.05) is 0 Å². The second-order valence-corrected chi connectivity index (χ2v) is 11.2. The molecule has 0 amide bonds. The maximum atomic E-state index is 8.95. The first kappa shape index (κ1) is 20.9. The Bertz CT molecular complexity index is 235. The standard InChI is InChI=1S/C14H31O3PS2/c1-3-5-7-9-12-16-18(19,20-14-11-15)17-13-10-8-6-4-2/h15H,3-14H2,1-2H3. The van der Waals surface area contributed by atoms with Crippen LogP contribution in [0.3, 0.4) is 0 Å². The molecule has 0 spiro atoms. The van der Waals surface area contributed by atoms with E-state index in [1.54, 1.807) is 0 Å². The van der Waals surface area contributed by atoms with Gasteiger partial charge >= 0.3 is 0 Å². The van der Waals surface area contributed by atoms with Crippen LogP contribution >= 0.6 is 17.1 Å². The van der Waals surface area contributed by atoms with Crippen molar-refractivity contribution in [1.82, 2.24) is 0 Å². The number of unbranched alkanes of at least 4 members (excludes halogenated alkanes) is 6. The van der Waals surface area contributed by atoms with Gasteiger partial charge in [-0.2, -0.15) is 0 Å². The maximum absolute atomic E-state index is 8.95. The molecule has 0 aromatic rings. The molecule has 122 valence electrons. The van der Waals surface area contributed by atoms with E-state index in [0.717, 1.165) is 12.8 Å². The Morgan fingerprint density at radius 1 is 0.900 bits per heavy atom. The lowest BCUT2D eigenvalue weighted by Gasteiger charge is -2.21. The summed E-state index contributed by atoms with van der Waals surface area (Å²) in [6, 6.07) is 0. The third kappa shape index (κ3) is 12.6. The highest BCUT2D eigenvalue weighted by Gasteiger charge is 2.19. The second-order valence-electron chi connectivity index (χ2n) is 4.79. The van der Waals surface area contributed by atoms with Gasteiger partial charge in [-0.1, -0.05) is 63.8 Å². The van der Waals surface area contributed by atoms with Crippen LogP contribution in [-0.4, -0.2) is 30.7 Å². The first-order chi connectivity index (χ1) is 9.68. The lowest BCUT2D eigenvalue weighted by molar-refractivity contribution is 0.249. The maximum Gasteiger partial charge on any atom is 0.247 e. The number of aliphatic hydroxyl groups excluding tert-OH is 1. The molecule has 0 rings (SSSR count). The molecule has 0 saturated carbocycles. The van der Waals surface area contributed by atoms with Crippen LogP contribution < -0.4 is 0 Å². The van der Waals surface area contributed by atoms with E-state index in [4.69, 9.17) is 26.0 Å². The van der Waals surface area contributed by atoms with Gasteiger partial charge in [0.25, 0.3) is 0 Å². The molecule has 0 aromatic heterocycles. The Labute approximate surface area is 134 Å². The summed E-state index contributed by atoms with van der Waals surface area (Å²) in [4.78, 5) is 0. The smallest absolute Gasteiger partial charge is 0.247 e. The van der Waals surface area contributed by atoms with Crippen LogP contribution in [0.15, 0.2) is 0 Å². The third-order valence-electron chi connectivity index (χ3n) is 2.84. The van der Waals surface area contributed by atoms with Crippen molar-refractivity contribution in [1.29, 1.82) is 0 Å². The predicted octanol–water partition coefficient (Wildman–Crippen LogP) is 5.13. The zero-order valence-electron chi connectivity index (χ0n) is 13.0. The fraction of sp³-hybridized carbons (Fsp3) is 1.00. The average Bonchev–Trinajstić information content (AvgIpc) is 2.45. The van der Waals surface area contributed by atoms with E-state index in [-0.39, 0.29) is 6.61 Å². The first-order valence-electron chi connectivity index (χ1n) is 7.83. The highest BCUT2D eigenvalue weighted by Crippen LogP contribution is 2.61. The molecule has 1 N–H and O–H groups in total. The lowest BCUT2D eigenvalue weighted by Crippen LogP contribution is -1.99. The van der Waals surface area contributed by atoms with Crippen molar-refractivity contribution in [2.24, 2.45) is 0 Å². The first-order valence-corrected chi connectivity index (χ1v) is 12.1. The highest BCUT2D eigenvalue weighted by atomic mass is 32.9. The summed E-state index contributed by atoms with van der Waals surface area (Å²) in [7, 11) is 0. The van der Waals surface area contributed by atoms with Gasteiger partial charge in [0, 0.05) is 5.75 Å². The Morgan fingerprint density at radius 3 is 1.80 bits per heavy atom. The Balaban J connectivity index is 3.91. The van der Waals surface area contributed by atoms with E-state index in [2.05, 4.69) is 13.8 Å². The van der Waals surface area contributed by atoms with E-state index in [1.165, 1.54) is 49.9 Å².